The van der Waals surface area contributed by atoms with Gasteiger partial charge in [0.2, 0.25) is 11.8 Å². The van der Waals surface area contributed by atoms with Crippen LogP contribution in [0, 0.1) is 27.7 Å². The molecule has 2 unspecified atom stereocenters. The fraction of sp³-hybridized carbons (Fsp3) is 0.559. The largest absolute Gasteiger partial charge is 0.461 e. The van der Waals surface area contributed by atoms with Crippen LogP contribution in [0.25, 0.3) is 11.9 Å². The first-order valence-electron chi connectivity index (χ1n) is 17.0. The summed E-state index contributed by atoms with van der Waals surface area (Å²) in [4.78, 5) is 29.5. The van der Waals surface area contributed by atoms with Gasteiger partial charge in [0, 0.05) is 61.3 Å². The molecule has 51 heavy (non-hydrogen) atoms. The summed E-state index contributed by atoms with van der Waals surface area (Å²) in [6.07, 6.45) is 1.57. The number of carbonyl (C=O) groups is 1. The van der Waals surface area contributed by atoms with Gasteiger partial charge in [-0.1, -0.05) is 0 Å². The lowest BCUT2D eigenvalue weighted by molar-refractivity contribution is -0.0380. The Morgan fingerprint density at radius 3 is 1.73 bits per heavy atom. The Balaban J connectivity index is 0.000000199. The second-order valence-electron chi connectivity index (χ2n) is 13.1. The van der Waals surface area contributed by atoms with Crippen LogP contribution in [0.1, 0.15) is 97.2 Å². The molecule has 2 aliphatic carbocycles. The number of hydrogen-bond donors (Lipinski definition) is 3. The highest BCUT2D eigenvalue weighted by Crippen LogP contribution is 2.35. The number of aliphatic hydroxyl groups excluding tert-OH is 1. The molecule has 0 spiro atoms. The molecule has 3 N–H and O–H groups in total. The van der Waals surface area contributed by atoms with E-state index in [0.717, 1.165) is 22.8 Å². The number of nitrogens with one attached hydrogen (secondary N) is 2. The number of ether oxygens (including phenoxy) is 1. The van der Waals surface area contributed by atoms with Crippen molar-refractivity contribution in [2.24, 2.45) is 0 Å². The van der Waals surface area contributed by atoms with Gasteiger partial charge in [-0.25, -0.2) is 41.7 Å². The van der Waals surface area contributed by atoms with Gasteiger partial charge in [0.15, 0.2) is 5.69 Å². The third-order valence-corrected chi connectivity index (χ3v) is 8.51. The van der Waals surface area contributed by atoms with Crippen molar-refractivity contribution in [3.8, 4) is 11.9 Å². The zero-order chi connectivity index (χ0) is 36.9. The van der Waals surface area contributed by atoms with Crippen LogP contribution in [0.4, 0.5) is 29.2 Å². The average molecular weight is 717 g/mol. The molecule has 0 saturated heterocycles. The molecular weight excluding hydrogens is 672 g/mol. The first kappa shape index (κ1) is 37.6. The molecular formula is C34H44F4N10O3. The number of carbonyl (C=O) groups excluding carboxylic acids is 1. The summed E-state index contributed by atoms with van der Waals surface area (Å²) in [7, 11) is 0. The molecule has 276 valence electrons. The first-order valence-corrected chi connectivity index (χ1v) is 17.0. The molecule has 0 aliphatic heterocycles. The fourth-order valence-electron chi connectivity index (χ4n) is 6.32. The molecule has 2 saturated carbocycles. The summed E-state index contributed by atoms with van der Waals surface area (Å²) < 4.78 is 62.7. The Bertz CT molecular complexity index is 1830. The van der Waals surface area contributed by atoms with Gasteiger partial charge in [0.1, 0.15) is 11.6 Å². The Hall–Kier alpha value is -4.67. The number of nitrogens with zero attached hydrogens (tertiary/aromatic N) is 8. The molecule has 2 fully saturated rings. The molecule has 6 rings (SSSR count). The monoisotopic (exact) mass is 716 g/mol. The average Bonchev–Trinajstić information content (AvgIpc) is 3.58. The third kappa shape index (κ3) is 9.98. The van der Waals surface area contributed by atoms with Crippen LogP contribution in [0.5, 0.6) is 0 Å². The number of aromatic nitrogens is 8. The van der Waals surface area contributed by atoms with E-state index in [1.807, 2.05) is 39.8 Å². The van der Waals surface area contributed by atoms with Crippen LogP contribution in [0.2, 0.25) is 0 Å². The van der Waals surface area contributed by atoms with Gasteiger partial charge in [-0.2, -0.15) is 20.2 Å². The van der Waals surface area contributed by atoms with E-state index in [1.165, 1.54) is 10.7 Å². The maximum atomic E-state index is 13.7. The standard InChI is InChI=1S/C18H23F2N5O2.C16H21F2N5O/c1-4-27-16(26)14-9-15(21-13-6-5-7-18(19,20)10-13)23-17(22-14)25-12(3)8-11(2)24-25;1-10-6-11(2)23(22-10)15-20-13(9-24)7-14(21-15)19-12-4-3-5-16(17,18)8-12/h8-9,13H,4-7,10H2,1-3H3,(H,21,22,23);6-7,12,24H,3-5,8-9H2,1-2H3,(H,19,20,21). The molecule has 0 radical (unpaired) electrons. The van der Waals surface area contributed by atoms with E-state index in [-0.39, 0.29) is 56.6 Å². The number of anilines is 2. The predicted molar refractivity (Wildman–Crippen MR) is 181 cm³/mol. The molecule has 2 aliphatic rings. The summed E-state index contributed by atoms with van der Waals surface area (Å²) in [6.45, 7) is 9.06. The topological polar surface area (TPSA) is 158 Å². The SMILES string of the molecule is CCOC(=O)c1cc(NC2CCCC(F)(F)C2)nc(-n2nc(C)cc2C)n1.Cc1cc(C)n(-c2nc(CO)cc(NC3CCCC(F)(F)C3)n2)n1. The molecule has 4 aromatic heterocycles. The fourth-order valence-corrected chi connectivity index (χ4v) is 6.32. The number of halogens is 4. The Kier molecular flexibility index (Phi) is 11.6. The maximum Gasteiger partial charge on any atom is 0.357 e. The van der Waals surface area contributed by atoms with Gasteiger partial charge in [0.25, 0.3) is 11.9 Å². The van der Waals surface area contributed by atoms with Crippen LogP contribution in [-0.4, -0.2) is 81.1 Å². The highest BCUT2D eigenvalue weighted by Gasteiger charge is 2.37. The van der Waals surface area contributed by atoms with Crippen molar-refractivity contribution < 1.29 is 32.2 Å². The van der Waals surface area contributed by atoms with E-state index in [4.69, 9.17) is 4.74 Å². The number of aryl methyl sites for hydroxylation is 4. The summed E-state index contributed by atoms with van der Waals surface area (Å²) in [6, 6.07) is 6.00. The van der Waals surface area contributed by atoms with Crippen molar-refractivity contribution in [1.29, 1.82) is 0 Å². The lowest BCUT2D eigenvalue weighted by atomic mass is 9.92. The van der Waals surface area contributed by atoms with Crippen molar-refractivity contribution >= 4 is 17.6 Å². The van der Waals surface area contributed by atoms with Gasteiger partial charge in [-0.3, -0.25) is 0 Å². The van der Waals surface area contributed by atoms with Crippen LogP contribution in [-0.2, 0) is 11.3 Å². The summed E-state index contributed by atoms with van der Waals surface area (Å²) in [5.41, 5.74) is 3.73. The van der Waals surface area contributed by atoms with Gasteiger partial charge < -0.3 is 20.5 Å². The maximum absolute atomic E-state index is 13.7. The lowest BCUT2D eigenvalue weighted by Gasteiger charge is -2.29. The summed E-state index contributed by atoms with van der Waals surface area (Å²) in [5, 5.41) is 24.2. The molecule has 4 heterocycles. The van der Waals surface area contributed by atoms with E-state index in [0.29, 0.717) is 49.0 Å². The second kappa shape index (κ2) is 15.7. The molecule has 2 atom stereocenters. The van der Waals surface area contributed by atoms with E-state index in [1.54, 1.807) is 17.7 Å². The second-order valence-corrected chi connectivity index (χ2v) is 13.1. The molecule has 13 nitrogen and oxygen atoms in total. The molecule has 4 aromatic rings. The first-order chi connectivity index (χ1) is 24.1. The van der Waals surface area contributed by atoms with Crippen LogP contribution in [0.15, 0.2) is 24.3 Å². The van der Waals surface area contributed by atoms with Crippen molar-refractivity contribution in [1.82, 2.24) is 39.5 Å². The van der Waals surface area contributed by atoms with Crippen LogP contribution in [0.3, 0.4) is 0 Å². The molecule has 0 aromatic carbocycles. The number of alkyl halides is 4. The molecule has 0 amide bonds. The third-order valence-electron chi connectivity index (χ3n) is 8.51. The van der Waals surface area contributed by atoms with Crippen molar-refractivity contribution in [3.63, 3.8) is 0 Å². The van der Waals surface area contributed by atoms with E-state index < -0.39 is 23.9 Å². The highest BCUT2D eigenvalue weighted by molar-refractivity contribution is 5.88. The number of aliphatic hydroxyl groups is 1. The highest BCUT2D eigenvalue weighted by atomic mass is 19.3. The van der Waals surface area contributed by atoms with Crippen molar-refractivity contribution in [2.45, 2.75) is 117 Å². The van der Waals surface area contributed by atoms with Crippen molar-refractivity contribution in [3.05, 3.63) is 58.4 Å². The molecule has 17 heteroatoms. The van der Waals surface area contributed by atoms with Gasteiger partial charge in [-0.05, 0) is 72.4 Å². The normalized spacial score (nSPS) is 19.5. The summed E-state index contributed by atoms with van der Waals surface area (Å²) >= 11 is 0. The Labute approximate surface area is 293 Å². The van der Waals surface area contributed by atoms with Gasteiger partial charge in [0.05, 0.1) is 30.3 Å². The van der Waals surface area contributed by atoms with E-state index >= 15 is 0 Å². The van der Waals surface area contributed by atoms with Gasteiger partial charge >= 0.3 is 5.97 Å². The minimum atomic E-state index is -2.69. The zero-order valence-electron chi connectivity index (χ0n) is 29.4. The molecule has 0 bridgehead atoms. The Morgan fingerprint density at radius 2 is 1.29 bits per heavy atom. The quantitative estimate of drug-likeness (QED) is 0.134. The van der Waals surface area contributed by atoms with Crippen molar-refractivity contribution in [2.75, 3.05) is 17.2 Å². The lowest BCUT2D eigenvalue weighted by Crippen LogP contribution is -2.34. The number of esters is 1. The summed E-state index contributed by atoms with van der Waals surface area (Å²) in [5.74, 6) is -4.68. The minimum Gasteiger partial charge on any atom is -0.461 e. The minimum absolute atomic E-state index is 0.0551. The number of rotatable bonds is 9. The zero-order valence-corrected chi connectivity index (χ0v) is 29.4. The van der Waals surface area contributed by atoms with Crippen LogP contribution < -0.4 is 10.6 Å². The number of hydrogen-bond acceptors (Lipinski definition) is 11. The van der Waals surface area contributed by atoms with E-state index in [9.17, 15) is 27.5 Å². The van der Waals surface area contributed by atoms with E-state index in [2.05, 4.69) is 40.8 Å². The van der Waals surface area contributed by atoms with Gasteiger partial charge in [-0.15, -0.1) is 0 Å². The smallest absolute Gasteiger partial charge is 0.357 e. The predicted octanol–water partition coefficient (Wildman–Crippen LogP) is 6.21. The Morgan fingerprint density at radius 1 is 0.804 bits per heavy atom. The van der Waals surface area contributed by atoms with Crippen LogP contribution >= 0.6 is 0 Å².